The molecule has 1 heterocycles. The average Bonchev–Trinajstić information content (AvgIpc) is 2.87. The highest BCUT2D eigenvalue weighted by atomic mass is 16.3. The fraction of sp³-hybridized carbons (Fsp3) is 0.167. The first-order valence-corrected chi connectivity index (χ1v) is 7.11. The van der Waals surface area contributed by atoms with Gasteiger partial charge >= 0.3 is 0 Å². The highest BCUT2D eigenvalue weighted by Gasteiger charge is 2.21. The molecule has 0 aliphatic heterocycles. The minimum absolute atomic E-state index is 0.102. The lowest BCUT2D eigenvalue weighted by Crippen LogP contribution is -2.01. The quantitative estimate of drug-likeness (QED) is 0.765. The summed E-state index contributed by atoms with van der Waals surface area (Å²) in [6, 6.07) is 20.0. The van der Waals surface area contributed by atoms with Crippen LogP contribution >= 0.6 is 0 Å². The van der Waals surface area contributed by atoms with Gasteiger partial charge in [0.2, 0.25) is 5.88 Å². The molecule has 3 heteroatoms. The van der Waals surface area contributed by atoms with E-state index in [1.54, 1.807) is 4.68 Å². The monoisotopic (exact) mass is 278 g/mol. The second-order valence-electron chi connectivity index (χ2n) is 5.32. The molecule has 3 aromatic rings. The summed E-state index contributed by atoms with van der Waals surface area (Å²) in [5, 5.41) is 15.2. The van der Waals surface area contributed by atoms with Gasteiger partial charge in [-0.3, -0.25) is 0 Å². The number of aromatic nitrogens is 2. The molecule has 0 saturated carbocycles. The molecule has 0 spiro atoms. The van der Waals surface area contributed by atoms with Crippen molar-refractivity contribution in [3.8, 4) is 28.3 Å². The van der Waals surface area contributed by atoms with E-state index in [2.05, 4.69) is 5.10 Å². The van der Waals surface area contributed by atoms with Crippen molar-refractivity contribution in [3.63, 3.8) is 0 Å². The van der Waals surface area contributed by atoms with Crippen molar-refractivity contribution in [2.45, 2.75) is 19.9 Å². The Bertz CT molecular complexity index is 731. The van der Waals surface area contributed by atoms with Crippen LogP contribution < -0.4 is 0 Å². The summed E-state index contributed by atoms with van der Waals surface area (Å²) in [6.45, 7) is 4.02. The van der Waals surface area contributed by atoms with Crippen molar-refractivity contribution in [3.05, 3.63) is 60.7 Å². The minimum atomic E-state index is 0.102. The van der Waals surface area contributed by atoms with Gasteiger partial charge in [-0.2, -0.15) is 5.10 Å². The van der Waals surface area contributed by atoms with Crippen molar-refractivity contribution in [2.24, 2.45) is 0 Å². The minimum Gasteiger partial charge on any atom is -0.493 e. The summed E-state index contributed by atoms with van der Waals surface area (Å²) < 4.78 is 1.67. The zero-order valence-corrected chi connectivity index (χ0v) is 12.2. The Morgan fingerprint density at radius 2 is 1.38 bits per heavy atom. The molecule has 0 fully saturated rings. The van der Waals surface area contributed by atoms with Crippen molar-refractivity contribution in [1.82, 2.24) is 9.78 Å². The van der Waals surface area contributed by atoms with E-state index in [-0.39, 0.29) is 11.9 Å². The maximum atomic E-state index is 10.6. The highest BCUT2D eigenvalue weighted by molar-refractivity contribution is 5.84. The molecule has 0 radical (unpaired) electrons. The summed E-state index contributed by atoms with van der Waals surface area (Å²) in [7, 11) is 0. The van der Waals surface area contributed by atoms with Crippen LogP contribution in [0.1, 0.15) is 19.9 Å². The van der Waals surface area contributed by atoms with E-state index in [9.17, 15) is 5.11 Å². The summed E-state index contributed by atoms with van der Waals surface area (Å²) in [5.74, 6) is 0.218. The van der Waals surface area contributed by atoms with Crippen molar-refractivity contribution >= 4 is 0 Å². The van der Waals surface area contributed by atoms with Crippen LogP contribution in [0.3, 0.4) is 0 Å². The third-order valence-electron chi connectivity index (χ3n) is 3.48. The van der Waals surface area contributed by atoms with Crippen LogP contribution in [0.5, 0.6) is 5.88 Å². The number of benzene rings is 2. The number of aromatic hydroxyl groups is 1. The maximum absolute atomic E-state index is 10.6. The number of nitrogens with zero attached hydrogens (tertiary/aromatic N) is 2. The molecule has 0 aliphatic carbocycles. The fourth-order valence-electron chi connectivity index (χ4n) is 2.45. The van der Waals surface area contributed by atoms with Crippen LogP contribution in [0.4, 0.5) is 0 Å². The highest BCUT2D eigenvalue weighted by Crippen LogP contribution is 2.39. The zero-order valence-electron chi connectivity index (χ0n) is 12.2. The lowest BCUT2D eigenvalue weighted by Gasteiger charge is -2.06. The largest absolute Gasteiger partial charge is 0.493 e. The van der Waals surface area contributed by atoms with Crippen LogP contribution in [0.25, 0.3) is 22.4 Å². The molecule has 1 N–H and O–H groups in total. The van der Waals surface area contributed by atoms with Crippen molar-refractivity contribution < 1.29 is 5.11 Å². The standard InChI is InChI=1S/C18H18N2O/c1-13(2)20-18(21)16(14-9-5-3-6-10-14)17(19-20)15-11-7-4-8-12-15/h3-13,21H,1-2H3. The molecule has 0 saturated heterocycles. The molecule has 0 unspecified atom stereocenters. The number of rotatable bonds is 3. The van der Waals surface area contributed by atoms with Gasteiger partial charge in [0.1, 0.15) is 5.69 Å². The van der Waals surface area contributed by atoms with Gasteiger partial charge < -0.3 is 5.11 Å². The van der Waals surface area contributed by atoms with Crippen molar-refractivity contribution in [2.75, 3.05) is 0 Å². The Kier molecular flexibility index (Phi) is 3.48. The zero-order chi connectivity index (χ0) is 14.8. The smallest absolute Gasteiger partial charge is 0.218 e. The second-order valence-corrected chi connectivity index (χ2v) is 5.32. The first-order chi connectivity index (χ1) is 10.2. The third-order valence-corrected chi connectivity index (χ3v) is 3.48. The van der Waals surface area contributed by atoms with E-state index in [0.29, 0.717) is 0 Å². The molecular weight excluding hydrogens is 260 g/mol. The molecule has 3 rings (SSSR count). The summed E-state index contributed by atoms with van der Waals surface area (Å²) >= 11 is 0. The maximum Gasteiger partial charge on any atom is 0.218 e. The van der Waals surface area contributed by atoms with E-state index < -0.39 is 0 Å². The van der Waals surface area contributed by atoms with Gasteiger partial charge in [0.25, 0.3) is 0 Å². The molecule has 21 heavy (non-hydrogen) atoms. The molecule has 0 amide bonds. The van der Waals surface area contributed by atoms with Gasteiger partial charge in [0.15, 0.2) is 0 Å². The fourth-order valence-corrected chi connectivity index (χ4v) is 2.45. The van der Waals surface area contributed by atoms with Gasteiger partial charge in [-0.05, 0) is 19.4 Å². The molecule has 0 atom stereocenters. The predicted octanol–water partition coefficient (Wildman–Crippen LogP) is 4.50. The van der Waals surface area contributed by atoms with Gasteiger partial charge in [0, 0.05) is 5.56 Å². The topological polar surface area (TPSA) is 38.0 Å². The lowest BCUT2D eigenvalue weighted by atomic mass is 10.0. The van der Waals surface area contributed by atoms with E-state index in [4.69, 9.17) is 0 Å². The SMILES string of the molecule is CC(C)n1nc(-c2ccccc2)c(-c2ccccc2)c1O. The molecule has 0 aliphatic rings. The van der Waals surface area contributed by atoms with E-state index in [0.717, 1.165) is 22.4 Å². The summed E-state index contributed by atoms with van der Waals surface area (Å²) in [4.78, 5) is 0. The van der Waals surface area contributed by atoms with E-state index >= 15 is 0 Å². The molecule has 2 aromatic carbocycles. The Labute approximate surface area is 124 Å². The normalized spacial score (nSPS) is 11.0. The Morgan fingerprint density at radius 3 is 1.90 bits per heavy atom. The van der Waals surface area contributed by atoms with Crippen LogP contribution in [0.15, 0.2) is 60.7 Å². The van der Waals surface area contributed by atoms with Gasteiger partial charge in [0.05, 0.1) is 11.6 Å². The summed E-state index contributed by atoms with van der Waals surface area (Å²) in [6.07, 6.45) is 0. The molecule has 3 nitrogen and oxygen atoms in total. The molecule has 106 valence electrons. The number of hydrogen-bond acceptors (Lipinski definition) is 2. The van der Waals surface area contributed by atoms with Gasteiger partial charge in [-0.1, -0.05) is 60.7 Å². The van der Waals surface area contributed by atoms with Crippen LogP contribution in [-0.2, 0) is 0 Å². The molecular formula is C18H18N2O. The predicted molar refractivity (Wildman–Crippen MR) is 85.1 cm³/mol. The Hall–Kier alpha value is -2.55. The van der Waals surface area contributed by atoms with E-state index in [1.807, 2.05) is 74.5 Å². The molecule has 0 bridgehead atoms. The summed E-state index contributed by atoms with van der Waals surface area (Å²) in [5.41, 5.74) is 3.58. The van der Waals surface area contributed by atoms with Crippen molar-refractivity contribution in [1.29, 1.82) is 0 Å². The Morgan fingerprint density at radius 1 is 0.857 bits per heavy atom. The van der Waals surface area contributed by atoms with Gasteiger partial charge in [-0.15, -0.1) is 0 Å². The first kappa shape index (κ1) is 13.4. The Balaban J connectivity index is 2.26. The van der Waals surface area contributed by atoms with Crippen LogP contribution in [-0.4, -0.2) is 14.9 Å². The third kappa shape index (κ3) is 2.42. The number of hydrogen-bond donors (Lipinski definition) is 1. The molecule has 1 aromatic heterocycles. The van der Waals surface area contributed by atoms with Gasteiger partial charge in [-0.25, -0.2) is 4.68 Å². The first-order valence-electron chi connectivity index (χ1n) is 7.11. The lowest BCUT2D eigenvalue weighted by molar-refractivity contribution is 0.379. The van der Waals surface area contributed by atoms with Crippen LogP contribution in [0.2, 0.25) is 0 Å². The van der Waals surface area contributed by atoms with E-state index in [1.165, 1.54) is 0 Å². The average molecular weight is 278 g/mol. The second kappa shape index (κ2) is 5.44. The van der Waals surface area contributed by atoms with Crippen LogP contribution in [0, 0.1) is 0 Å².